The lowest BCUT2D eigenvalue weighted by Gasteiger charge is -2.65. The Hall–Kier alpha value is -1.52. The average molecular weight is 345 g/mol. The fraction of sp³-hybridized carbons (Fsp3) is 0.800. The summed E-state index contributed by atoms with van der Waals surface area (Å²) in [5.41, 5.74) is 2.06. The first kappa shape index (κ1) is 16.9. The fourth-order valence-electron chi connectivity index (χ4n) is 6.94. The molecule has 1 aromatic heterocycles. The molecule has 5 rings (SSSR count). The first-order valence-electron chi connectivity index (χ1n) is 9.82. The molecule has 0 aliphatic heterocycles. The van der Waals surface area contributed by atoms with Crippen LogP contribution in [0.1, 0.15) is 64.5 Å². The van der Waals surface area contributed by atoms with Crippen LogP contribution >= 0.6 is 0 Å². The van der Waals surface area contributed by atoms with Crippen molar-refractivity contribution >= 4 is 6.03 Å². The van der Waals surface area contributed by atoms with E-state index in [1.165, 1.54) is 31.4 Å². The van der Waals surface area contributed by atoms with Crippen LogP contribution in [-0.4, -0.2) is 27.7 Å². The largest absolute Gasteiger partial charge is 0.338 e. The van der Waals surface area contributed by atoms with E-state index in [9.17, 15) is 4.79 Å². The first-order valence-corrected chi connectivity index (χ1v) is 9.82. The molecule has 5 heteroatoms. The minimum Gasteiger partial charge on any atom is -0.338 e. The predicted molar refractivity (Wildman–Crippen MR) is 98.3 cm³/mol. The van der Waals surface area contributed by atoms with Gasteiger partial charge < -0.3 is 15.2 Å². The molecule has 4 aliphatic carbocycles. The van der Waals surface area contributed by atoms with Gasteiger partial charge in [-0.15, -0.1) is 0 Å². The van der Waals surface area contributed by atoms with E-state index in [0.717, 1.165) is 31.7 Å². The molecule has 2 unspecified atom stereocenters. The summed E-state index contributed by atoms with van der Waals surface area (Å²) >= 11 is 0. The van der Waals surface area contributed by atoms with E-state index in [2.05, 4.69) is 41.0 Å². The van der Waals surface area contributed by atoms with E-state index in [-0.39, 0.29) is 11.6 Å². The number of amides is 2. The van der Waals surface area contributed by atoms with E-state index in [4.69, 9.17) is 0 Å². The molecule has 4 bridgehead atoms. The number of rotatable bonds is 5. The van der Waals surface area contributed by atoms with Crippen LogP contribution in [0.2, 0.25) is 0 Å². The molecule has 4 fully saturated rings. The zero-order chi connectivity index (χ0) is 17.7. The zero-order valence-corrected chi connectivity index (χ0v) is 15.9. The highest BCUT2D eigenvalue weighted by Gasteiger charge is 2.60. The van der Waals surface area contributed by atoms with Crippen LogP contribution in [0.4, 0.5) is 4.79 Å². The van der Waals surface area contributed by atoms with Gasteiger partial charge in [0, 0.05) is 30.5 Å². The van der Waals surface area contributed by atoms with Gasteiger partial charge in [-0.2, -0.15) is 0 Å². The molecule has 1 aromatic rings. The van der Waals surface area contributed by atoms with Crippen LogP contribution in [0.3, 0.4) is 0 Å². The number of urea groups is 1. The van der Waals surface area contributed by atoms with Crippen molar-refractivity contribution in [1.82, 2.24) is 20.2 Å². The SMILES string of the molecule is Cc1cncn1CCCNC(=O)NC12CC3CC(C)(CC(C)(C3)C1)C2. The Morgan fingerprint density at radius 2 is 1.96 bits per heavy atom. The second-order valence-corrected chi connectivity index (χ2v) is 9.87. The van der Waals surface area contributed by atoms with Crippen LogP contribution in [0.5, 0.6) is 0 Å². The summed E-state index contributed by atoms with van der Waals surface area (Å²) in [5, 5.41) is 6.49. The zero-order valence-electron chi connectivity index (χ0n) is 15.9. The lowest BCUT2D eigenvalue weighted by Crippen LogP contribution is -2.66. The van der Waals surface area contributed by atoms with Gasteiger partial charge in [-0.1, -0.05) is 13.8 Å². The number of carbonyl (C=O) groups is 1. The summed E-state index contributed by atoms with van der Waals surface area (Å²) in [6.45, 7) is 8.54. The van der Waals surface area contributed by atoms with E-state index in [1.807, 2.05) is 12.5 Å². The van der Waals surface area contributed by atoms with Crippen molar-refractivity contribution in [3.63, 3.8) is 0 Å². The fourth-order valence-corrected chi connectivity index (χ4v) is 6.94. The number of nitrogens with one attached hydrogen (secondary N) is 2. The van der Waals surface area contributed by atoms with Gasteiger partial charge in [0.1, 0.15) is 0 Å². The Morgan fingerprint density at radius 3 is 2.56 bits per heavy atom. The molecule has 138 valence electrons. The van der Waals surface area contributed by atoms with Crippen LogP contribution in [0, 0.1) is 23.7 Å². The molecule has 5 nitrogen and oxygen atoms in total. The number of nitrogens with zero attached hydrogens (tertiary/aromatic N) is 2. The summed E-state index contributed by atoms with van der Waals surface area (Å²) < 4.78 is 2.13. The van der Waals surface area contributed by atoms with Crippen molar-refractivity contribution in [2.45, 2.75) is 77.8 Å². The minimum absolute atomic E-state index is 0.0245. The van der Waals surface area contributed by atoms with E-state index in [1.54, 1.807) is 0 Å². The molecule has 4 saturated carbocycles. The smallest absolute Gasteiger partial charge is 0.315 e. The molecule has 2 amide bonds. The number of hydrogen-bond acceptors (Lipinski definition) is 2. The number of aryl methyl sites for hydroxylation is 2. The topological polar surface area (TPSA) is 59.0 Å². The molecule has 1 heterocycles. The lowest BCUT2D eigenvalue weighted by molar-refractivity contribution is -0.113. The highest BCUT2D eigenvalue weighted by Crippen LogP contribution is 2.66. The molecule has 0 saturated heterocycles. The van der Waals surface area contributed by atoms with Gasteiger partial charge in [-0.25, -0.2) is 9.78 Å². The summed E-state index contributed by atoms with van der Waals surface area (Å²) in [5.74, 6) is 0.802. The third kappa shape index (κ3) is 3.30. The Morgan fingerprint density at radius 1 is 1.24 bits per heavy atom. The van der Waals surface area contributed by atoms with Gasteiger partial charge in [0.25, 0.3) is 0 Å². The number of aromatic nitrogens is 2. The maximum atomic E-state index is 12.5. The van der Waals surface area contributed by atoms with Crippen molar-refractivity contribution in [1.29, 1.82) is 0 Å². The van der Waals surface area contributed by atoms with Gasteiger partial charge in [0.05, 0.1) is 6.33 Å². The summed E-state index contributed by atoms with van der Waals surface area (Å²) in [6, 6.07) is 0.0245. The Kier molecular flexibility index (Phi) is 3.89. The Bertz CT molecular complexity index is 648. The second-order valence-electron chi connectivity index (χ2n) is 9.87. The van der Waals surface area contributed by atoms with Crippen LogP contribution < -0.4 is 10.6 Å². The van der Waals surface area contributed by atoms with Crippen molar-refractivity contribution in [3.05, 3.63) is 18.2 Å². The molecule has 2 N–H and O–H groups in total. The monoisotopic (exact) mass is 344 g/mol. The van der Waals surface area contributed by atoms with Gasteiger partial charge in [-0.3, -0.25) is 0 Å². The molecule has 0 radical (unpaired) electrons. The Labute approximate surface area is 151 Å². The number of hydrogen-bond donors (Lipinski definition) is 2. The van der Waals surface area contributed by atoms with Crippen LogP contribution in [-0.2, 0) is 6.54 Å². The third-order valence-corrected chi connectivity index (χ3v) is 6.79. The van der Waals surface area contributed by atoms with Gasteiger partial charge in [0.15, 0.2) is 0 Å². The standard InChI is InChI=1S/C20H32N4O/c1-15-10-21-14-24(15)6-4-5-22-17(25)23-20-9-16-7-18(2,12-20)11-19(3,8-16)13-20/h10,14,16H,4-9,11-13H2,1-3H3,(H2,22,23,25). The van der Waals surface area contributed by atoms with Gasteiger partial charge in [0.2, 0.25) is 0 Å². The molecule has 25 heavy (non-hydrogen) atoms. The van der Waals surface area contributed by atoms with E-state index in [0.29, 0.717) is 17.4 Å². The van der Waals surface area contributed by atoms with Crippen LogP contribution in [0.25, 0.3) is 0 Å². The second kappa shape index (κ2) is 5.75. The highest BCUT2D eigenvalue weighted by atomic mass is 16.2. The summed E-state index contributed by atoms with van der Waals surface area (Å²) in [6.07, 6.45) is 12.2. The summed E-state index contributed by atoms with van der Waals surface area (Å²) in [4.78, 5) is 16.7. The van der Waals surface area contributed by atoms with E-state index < -0.39 is 0 Å². The average Bonchev–Trinajstić information content (AvgIpc) is 2.84. The molecule has 2 atom stereocenters. The quantitative estimate of drug-likeness (QED) is 0.801. The molecular weight excluding hydrogens is 312 g/mol. The molecule has 0 aromatic carbocycles. The minimum atomic E-state index is 0.0245. The van der Waals surface area contributed by atoms with Crippen molar-refractivity contribution in [3.8, 4) is 0 Å². The maximum absolute atomic E-state index is 12.5. The highest BCUT2D eigenvalue weighted by molar-refractivity contribution is 5.74. The third-order valence-electron chi connectivity index (χ3n) is 6.79. The molecule has 0 spiro atoms. The lowest BCUT2D eigenvalue weighted by atomic mass is 9.43. The maximum Gasteiger partial charge on any atom is 0.315 e. The predicted octanol–water partition coefficient (Wildman–Crippen LogP) is 3.63. The normalized spacial score (nSPS) is 38.8. The van der Waals surface area contributed by atoms with Gasteiger partial charge >= 0.3 is 6.03 Å². The van der Waals surface area contributed by atoms with E-state index >= 15 is 0 Å². The first-order chi connectivity index (χ1) is 11.8. The van der Waals surface area contributed by atoms with Crippen LogP contribution in [0.15, 0.2) is 12.5 Å². The summed E-state index contributed by atoms with van der Waals surface area (Å²) in [7, 11) is 0. The molecule has 4 aliphatic rings. The Balaban J connectivity index is 1.30. The van der Waals surface area contributed by atoms with Crippen molar-refractivity contribution in [2.75, 3.05) is 6.54 Å². The van der Waals surface area contributed by atoms with Crippen molar-refractivity contribution in [2.24, 2.45) is 16.7 Å². The van der Waals surface area contributed by atoms with Gasteiger partial charge in [-0.05, 0) is 68.6 Å². The van der Waals surface area contributed by atoms with Crippen molar-refractivity contribution < 1.29 is 4.79 Å². The number of carbonyl (C=O) groups excluding carboxylic acids is 1. The number of imidazole rings is 1. The molecular formula is C20H32N4O.